The van der Waals surface area contributed by atoms with Crippen LogP contribution in [0, 0.1) is 0 Å². The van der Waals surface area contributed by atoms with Gasteiger partial charge in [-0.05, 0) is 24.3 Å². The van der Waals surface area contributed by atoms with Crippen molar-refractivity contribution in [3.63, 3.8) is 0 Å². The van der Waals surface area contributed by atoms with Crippen LogP contribution >= 0.6 is 0 Å². The van der Waals surface area contributed by atoms with E-state index in [2.05, 4.69) is 39.1 Å². The van der Waals surface area contributed by atoms with E-state index in [1.54, 1.807) is 0 Å². The van der Waals surface area contributed by atoms with Gasteiger partial charge in [0.15, 0.2) is 5.78 Å². The average Bonchev–Trinajstić information content (AvgIpc) is 2.83. The van der Waals surface area contributed by atoms with Crippen molar-refractivity contribution in [3.05, 3.63) is 69.8 Å². The first kappa shape index (κ1) is 26.1. The third-order valence-corrected chi connectivity index (χ3v) is 4.08. The number of ketones is 1. The van der Waals surface area contributed by atoms with Gasteiger partial charge in [0.2, 0.25) is 0 Å². The lowest BCUT2D eigenvalue weighted by Crippen LogP contribution is -2.16. The Kier molecular flexibility index (Phi) is 9.34. The first-order valence-corrected chi connectivity index (χ1v) is 9.11. The van der Waals surface area contributed by atoms with Crippen LogP contribution in [0.3, 0.4) is 0 Å². The second-order valence-electron chi connectivity index (χ2n) is 6.00. The summed E-state index contributed by atoms with van der Waals surface area (Å²) >= 11 is 0. The van der Waals surface area contributed by atoms with E-state index in [1.807, 2.05) is 0 Å². The van der Waals surface area contributed by atoms with Gasteiger partial charge >= 0.3 is 23.9 Å². The van der Waals surface area contributed by atoms with Gasteiger partial charge in [-0.25, -0.2) is 19.2 Å². The summed E-state index contributed by atoms with van der Waals surface area (Å²) in [5, 5.41) is 0. The molecule has 34 heavy (non-hydrogen) atoms. The molecule has 2 aromatic carbocycles. The summed E-state index contributed by atoms with van der Waals surface area (Å²) in [5.74, 6) is -4.95. The highest BCUT2D eigenvalue weighted by Crippen LogP contribution is 2.21. The van der Waals surface area contributed by atoms with Crippen molar-refractivity contribution >= 4 is 29.7 Å². The topological polar surface area (TPSA) is 159 Å². The number of hydrogen-bond acceptors (Lipinski definition) is 13. The molecule has 0 fully saturated rings. The maximum atomic E-state index is 13.1. The molecule has 0 saturated carbocycles. The van der Waals surface area contributed by atoms with Gasteiger partial charge in [-0.15, -0.1) is 0 Å². The lowest BCUT2D eigenvalue weighted by molar-refractivity contribution is -0.218. The van der Waals surface area contributed by atoms with Crippen LogP contribution in [-0.4, -0.2) is 58.1 Å². The first-order valence-electron chi connectivity index (χ1n) is 9.11. The van der Waals surface area contributed by atoms with E-state index in [4.69, 9.17) is 0 Å². The SMILES string of the molecule is COOC(=O)c1ccc(C(=O)c2ccc(C(=O)OOC)c(C(=O)OOC)c2)cc1C(=O)OOC. The van der Waals surface area contributed by atoms with Gasteiger partial charge < -0.3 is 0 Å². The molecule has 0 unspecified atom stereocenters. The average molecular weight is 478 g/mol. The normalized spacial score (nSPS) is 10.2. The fourth-order valence-corrected chi connectivity index (χ4v) is 2.71. The van der Waals surface area contributed by atoms with Gasteiger partial charge in [0.1, 0.15) is 0 Å². The van der Waals surface area contributed by atoms with E-state index in [-0.39, 0.29) is 33.4 Å². The van der Waals surface area contributed by atoms with Gasteiger partial charge in [-0.1, -0.05) is 12.1 Å². The number of benzene rings is 2. The van der Waals surface area contributed by atoms with E-state index >= 15 is 0 Å². The largest absolute Gasteiger partial charge is 0.373 e. The molecule has 0 amide bonds. The third-order valence-electron chi connectivity index (χ3n) is 4.08. The summed E-state index contributed by atoms with van der Waals surface area (Å²) in [4.78, 5) is 96.6. The Hall–Kier alpha value is -4.17. The van der Waals surface area contributed by atoms with Crippen molar-refractivity contribution in [3.8, 4) is 0 Å². The van der Waals surface area contributed by atoms with E-state index in [0.717, 1.165) is 52.7 Å². The molecule has 13 heteroatoms. The smallest absolute Gasteiger partial charge is 0.293 e. The van der Waals surface area contributed by atoms with Crippen LogP contribution < -0.4 is 0 Å². The van der Waals surface area contributed by atoms with Crippen LogP contribution in [0.25, 0.3) is 0 Å². The molecule has 0 aliphatic carbocycles. The molecule has 0 aromatic heterocycles. The minimum absolute atomic E-state index is 0.0877. The minimum Gasteiger partial charge on any atom is -0.293 e. The van der Waals surface area contributed by atoms with Crippen molar-refractivity contribution in [2.75, 3.05) is 28.4 Å². The summed E-state index contributed by atoms with van der Waals surface area (Å²) in [6.45, 7) is 0. The van der Waals surface area contributed by atoms with E-state index < -0.39 is 29.7 Å². The quantitative estimate of drug-likeness (QED) is 0.276. The Labute approximate surface area is 191 Å². The summed E-state index contributed by atoms with van der Waals surface area (Å²) < 4.78 is 0. The highest BCUT2D eigenvalue weighted by atomic mass is 17.2. The number of carbonyl (C=O) groups excluding carboxylic acids is 5. The van der Waals surface area contributed by atoms with Crippen molar-refractivity contribution in [1.29, 1.82) is 0 Å². The Morgan fingerprint density at radius 3 is 1.06 bits per heavy atom. The van der Waals surface area contributed by atoms with Crippen molar-refractivity contribution in [2.45, 2.75) is 0 Å². The van der Waals surface area contributed by atoms with Crippen molar-refractivity contribution in [1.82, 2.24) is 0 Å². The molecule has 13 nitrogen and oxygen atoms in total. The van der Waals surface area contributed by atoms with Gasteiger partial charge in [0.25, 0.3) is 0 Å². The molecule has 0 bridgehead atoms. The molecule has 0 atom stereocenters. The molecule has 0 heterocycles. The molecule has 2 aromatic rings. The standard InChI is InChI=1S/C21H18O13/c1-27-31-18(23)13-7-5-11(9-15(13)20(25)33-29-3)17(22)12-6-8-14(19(24)32-28-2)16(10-12)21(26)34-30-4/h5-10H,1-4H3. The molecule has 0 N–H and O–H groups in total. The summed E-state index contributed by atoms with van der Waals surface area (Å²) in [5.41, 5.74) is -1.46. The van der Waals surface area contributed by atoms with E-state index in [1.165, 1.54) is 12.1 Å². The summed E-state index contributed by atoms with van der Waals surface area (Å²) in [6, 6.07) is 6.81. The third kappa shape index (κ3) is 5.99. The van der Waals surface area contributed by atoms with Crippen LogP contribution in [0.2, 0.25) is 0 Å². The molecule has 0 aliphatic rings. The second-order valence-corrected chi connectivity index (χ2v) is 6.00. The van der Waals surface area contributed by atoms with Gasteiger partial charge in [0.05, 0.1) is 50.7 Å². The first-order chi connectivity index (χ1) is 16.3. The highest BCUT2D eigenvalue weighted by Gasteiger charge is 2.26. The molecule has 0 aliphatic heterocycles. The lowest BCUT2D eigenvalue weighted by atomic mass is 9.95. The lowest BCUT2D eigenvalue weighted by Gasteiger charge is -2.11. The molecule has 2 rings (SSSR count). The van der Waals surface area contributed by atoms with Crippen LogP contribution in [0.1, 0.15) is 57.4 Å². The molecular formula is C21H18O13. The fourth-order valence-electron chi connectivity index (χ4n) is 2.71. The van der Waals surface area contributed by atoms with Crippen molar-refractivity contribution < 1.29 is 63.1 Å². The molecule has 0 radical (unpaired) electrons. The van der Waals surface area contributed by atoms with Crippen molar-refractivity contribution in [2.24, 2.45) is 0 Å². The van der Waals surface area contributed by atoms with Crippen LogP contribution in [0.15, 0.2) is 36.4 Å². The van der Waals surface area contributed by atoms with Crippen LogP contribution in [0.4, 0.5) is 0 Å². The minimum atomic E-state index is -1.10. The zero-order valence-corrected chi connectivity index (χ0v) is 18.3. The molecule has 0 saturated heterocycles. The Balaban J connectivity index is 2.55. The monoisotopic (exact) mass is 478 g/mol. The van der Waals surface area contributed by atoms with E-state index in [9.17, 15) is 24.0 Å². The summed E-state index contributed by atoms with van der Waals surface area (Å²) in [6.07, 6.45) is 0. The number of rotatable bonds is 10. The van der Waals surface area contributed by atoms with E-state index in [0.29, 0.717) is 0 Å². The molecule has 180 valence electrons. The number of carbonyl (C=O) groups is 5. The molecule has 0 spiro atoms. The highest BCUT2D eigenvalue weighted by molar-refractivity contribution is 6.13. The van der Waals surface area contributed by atoms with Gasteiger partial charge in [-0.3, -0.25) is 24.3 Å². The Morgan fingerprint density at radius 2 is 0.765 bits per heavy atom. The zero-order chi connectivity index (χ0) is 25.3. The van der Waals surface area contributed by atoms with Crippen LogP contribution in [0.5, 0.6) is 0 Å². The zero-order valence-electron chi connectivity index (χ0n) is 18.3. The fraction of sp³-hybridized carbons (Fsp3) is 0.190. The Bertz CT molecular complexity index is 1020. The molecular weight excluding hydrogens is 460 g/mol. The Morgan fingerprint density at radius 1 is 0.471 bits per heavy atom. The van der Waals surface area contributed by atoms with Crippen LogP contribution in [-0.2, 0) is 39.1 Å². The maximum absolute atomic E-state index is 13.1. The second kappa shape index (κ2) is 12.2. The number of hydrogen-bond donors (Lipinski definition) is 0. The van der Waals surface area contributed by atoms with Gasteiger partial charge in [-0.2, -0.15) is 19.6 Å². The van der Waals surface area contributed by atoms with Gasteiger partial charge in [0, 0.05) is 11.1 Å². The summed E-state index contributed by atoms with van der Waals surface area (Å²) in [7, 11) is 4.30. The predicted octanol–water partition coefficient (Wildman–Crippen LogP) is 1.79. The maximum Gasteiger partial charge on any atom is 0.373 e. The predicted molar refractivity (Wildman–Crippen MR) is 106 cm³/mol.